The molecule has 1 nitrogen and oxygen atoms in total. The van der Waals surface area contributed by atoms with Crippen molar-refractivity contribution in [2.75, 3.05) is 0 Å². The molecule has 2 rings (SSSR count). The lowest BCUT2D eigenvalue weighted by Gasteiger charge is -2.12. The number of hydrogen-bond donors (Lipinski definition) is 1. The number of hydrogen-bond acceptors (Lipinski definition) is 1. The monoisotopic (exact) mass is 306 g/mol. The Hall–Kier alpha value is -2.18. The lowest BCUT2D eigenvalue weighted by molar-refractivity contribution is -0.139. The highest BCUT2D eigenvalue weighted by Crippen LogP contribution is 2.39. The molecular formula is C14H8F6O. The Morgan fingerprint density at radius 2 is 1.33 bits per heavy atom. The fourth-order valence-corrected chi connectivity index (χ4v) is 1.82. The summed E-state index contributed by atoms with van der Waals surface area (Å²) in [7, 11) is 0. The van der Waals surface area contributed by atoms with Crippen LogP contribution in [0.1, 0.15) is 11.1 Å². The Labute approximate surface area is 115 Å². The van der Waals surface area contributed by atoms with Crippen molar-refractivity contribution >= 4 is 0 Å². The van der Waals surface area contributed by atoms with Crippen molar-refractivity contribution in [1.82, 2.24) is 0 Å². The third-order valence-corrected chi connectivity index (χ3v) is 2.83. The van der Waals surface area contributed by atoms with Crippen molar-refractivity contribution in [2.45, 2.75) is 12.4 Å². The molecule has 0 heterocycles. The molecule has 0 aliphatic heterocycles. The first-order valence-electron chi connectivity index (χ1n) is 5.67. The second-order valence-corrected chi connectivity index (χ2v) is 4.31. The minimum Gasteiger partial charge on any atom is -0.507 e. The Balaban J connectivity index is 2.53. The minimum atomic E-state index is -4.79. The van der Waals surface area contributed by atoms with Crippen molar-refractivity contribution in [3.63, 3.8) is 0 Å². The smallest absolute Gasteiger partial charge is 0.419 e. The van der Waals surface area contributed by atoms with E-state index in [1.54, 1.807) is 0 Å². The second kappa shape index (κ2) is 4.98. The second-order valence-electron chi connectivity index (χ2n) is 4.31. The third kappa shape index (κ3) is 3.29. The van der Waals surface area contributed by atoms with Crippen LogP contribution < -0.4 is 0 Å². The fraction of sp³-hybridized carbons (Fsp3) is 0.143. The zero-order valence-electron chi connectivity index (χ0n) is 10.3. The molecule has 1 N–H and O–H groups in total. The van der Waals surface area contributed by atoms with E-state index in [-0.39, 0.29) is 11.1 Å². The van der Waals surface area contributed by atoms with E-state index in [0.717, 1.165) is 30.3 Å². The maximum atomic E-state index is 12.7. The van der Waals surface area contributed by atoms with Crippen LogP contribution in [0.25, 0.3) is 11.1 Å². The molecule has 0 aliphatic rings. The van der Waals surface area contributed by atoms with Crippen LogP contribution >= 0.6 is 0 Å². The van der Waals surface area contributed by atoms with E-state index in [4.69, 9.17) is 0 Å². The molecule has 0 spiro atoms. The summed E-state index contributed by atoms with van der Waals surface area (Å²) >= 11 is 0. The SMILES string of the molecule is Oc1ccc(-c2cccc(C(F)(F)F)c2)cc1C(F)(F)F. The number of aromatic hydroxyl groups is 1. The zero-order chi connectivity index (χ0) is 15.8. The van der Waals surface area contributed by atoms with E-state index >= 15 is 0 Å². The number of benzene rings is 2. The molecule has 0 aromatic heterocycles. The molecule has 0 amide bonds. The molecule has 0 bridgehead atoms. The quantitative estimate of drug-likeness (QED) is 0.727. The van der Waals surface area contributed by atoms with Gasteiger partial charge in [-0.05, 0) is 35.4 Å². The van der Waals surface area contributed by atoms with Gasteiger partial charge in [-0.25, -0.2) is 0 Å². The van der Waals surface area contributed by atoms with Crippen LogP contribution in [0, 0.1) is 0 Å². The van der Waals surface area contributed by atoms with Gasteiger partial charge in [-0.2, -0.15) is 26.3 Å². The van der Waals surface area contributed by atoms with Crippen molar-refractivity contribution in [2.24, 2.45) is 0 Å². The van der Waals surface area contributed by atoms with Gasteiger partial charge in [0.05, 0.1) is 11.1 Å². The lowest BCUT2D eigenvalue weighted by atomic mass is 10.00. The highest BCUT2D eigenvalue weighted by molar-refractivity contribution is 5.66. The molecule has 2 aromatic rings. The number of phenolic OH excluding ortho intramolecular Hbond substituents is 1. The minimum absolute atomic E-state index is 0.0182. The zero-order valence-corrected chi connectivity index (χ0v) is 10.3. The van der Waals surface area contributed by atoms with Gasteiger partial charge in [0.25, 0.3) is 0 Å². The summed E-state index contributed by atoms with van der Waals surface area (Å²) in [6.45, 7) is 0. The van der Waals surface area contributed by atoms with Crippen molar-refractivity contribution < 1.29 is 31.4 Å². The molecule has 0 saturated carbocycles. The summed E-state index contributed by atoms with van der Waals surface area (Å²) in [5, 5.41) is 9.20. The first-order valence-corrected chi connectivity index (χ1v) is 5.67. The van der Waals surface area contributed by atoms with Crippen LogP contribution in [-0.2, 0) is 12.4 Å². The van der Waals surface area contributed by atoms with E-state index in [1.165, 1.54) is 6.07 Å². The number of phenols is 1. The summed E-state index contributed by atoms with van der Waals surface area (Å²) in [5.74, 6) is -0.974. The van der Waals surface area contributed by atoms with Gasteiger partial charge in [-0.15, -0.1) is 0 Å². The summed E-state index contributed by atoms with van der Waals surface area (Å²) in [6.07, 6.45) is -9.37. The van der Waals surface area contributed by atoms with Gasteiger partial charge < -0.3 is 5.11 Å². The Kier molecular flexibility index (Phi) is 3.61. The van der Waals surface area contributed by atoms with E-state index in [0.29, 0.717) is 6.07 Å². The molecule has 0 unspecified atom stereocenters. The van der Waals surface area contributed by atoms with Gasteiger partial charge in [-0.3, -0.25) is 0 Å². The van der Waals surface area contributed by atoms with Gasteiger partial charge in [0.1, 0.15) is 5.75 Å². The Morgan fingerprint density at radius 1 is 0.714 bits per heavy atom. The topological polar surface area (TPSA) is 20.2 Å². The van der Waals surface area contributed by atoms with Crippen LogP contribution in [0.3, 0.4) is 0 Å². The molecule has 21 heavy (non-hydrogen) atoms. The molecule has 2 aromatic carbocycles. The first kappa shape index (κ1) is 15.2. The Morgan fingerprint density at radius 3 is 1.90 bits per heavy atom. The molecule has 0 saturated heterocycles. The van der Waals surface area contributed by atoms with Crippen molar-refractivity contribution in [3.05, 3.63) is 53.6 Å². The van der Waals surface area contributed by atoms with Gasteiger partial charge in [-0.1, -0.05) is 18.2 Å². The predicted octanol–water partition coefficient (Wildman–Crippen LogP) is 5.10. The maximum absolute atomic E-state index is 12.7. The molecule has 0 fully saturated rings. The van der Waals surface area contributed by atoms with E-state index in [9.17, 15) is 31.4 Å². The maximum Gasteiger partial charge on any atom is 0.419 e. The summed E-state index contributed by atoms with van der Waals surface area (Å²) in [6, 6.07) is 6.50. The van der Waals surface area contributed by atoms with Gasteiger partial charge in [0, 0.05) is 0 Å². The van der Waals surface area contributed by atoms with Crippen LogP contribution in [0.2, 0.25) is 0 Å². The highest BCUT2D eigenvalue weighted by atomic mass is 19.4. The standard InChI is InChI=1S/C14H8F6O/c15-13(16,17)10-3-1-2-8(6-10)9-4-5-12(21)11(7-9)14(18,19)20/h1-7,21H. The molecule has 0 atom stereocenters. The highest BCUT2D eigenvalue weighted by Gasteiger charge is 2.34. The van der Waals surface area contributed by atoms with E-state index in [2.05, 4.69) is 0 Å². The van der Waals surface area contributed by atoms with Crippen LogP contribution in [0.15, 0.2) is 42.5 Å². The molecule has 0 aliphatic carbocycles. The van der Waals surface area contributed by atoms with E-state index in [1.807, 2.05) is 0 Å². The number of halogens is 6. The first-order chi connectivity index (χ1) is 9.59. The van der Waals surface area contributed by atoms with Gasteiger partial charge in [0.15, 0.2) is 0 Å². The van der Waals surface area contributed by atoms with Gasteiger partial charge >= 0.3 is 12.4 Å². The summed E-state index contributed by atoms with van der Waals surface area (Å²) in [4.78, 5) is 0. The van der Waals surface area contributed by atoms with Crippen molar-refractivity contribution in [3.8, 4) is 16.9 Å². The van der Waals surface area contributed by atoms with E-state index < -0.39 is 29.2 Å². The van der Waals surface area contributed by atoms with Crippen LogP contribution in [0.4, 0.5) is 26.3 Å². The average Bonchev–Trinajstić information content (AvgIpc) is 2.37. The molecular weight excluding hydrogens is 298 g/mol. The largest absolute Gasteiger partial charge is 0.507 e. The summed E-state index contributed by atoms with van der Waals surface area (Å²) < 4.78 is 75.8. The average molecular weight is 306 g/mol. The fourth-order valence-electron chi connectivity index (χ4n) is 1.82. The van der Waals surface area contributed by atoms with Crippen LogP contribution in [0.5, 0.6) is 5.75 Å². The molecule has 112 valence electrons. The van der Waals surface area contributed by atoms with Crippen LogP contribution in [-0.4, -0.2) is 5.11 Å². The number of alkyl halides is 6. The summed E-state index contributed by atoms with van der Waals surface area (Å²) in [5.41, 5.74) is -2.33. The lowest BCUT2D eigenvalue weighted by Crippen LogP contribution is -2.06. The van der Waals surface area contributed by atoms with Crippen molar-refractivity contribution in [1.29, 1.82) is 0 Å². The molecule has 0 radical (unpaired) electrons. The predicted molar refractivity (Wildman–Crippen MR) is 63.5 cm³/mol. The third-order valence-electron chi connectivity index (χ3n) is 2.83. The normalized spacial score (nSPS) is 12.5. The Bertz CT molecular complexity index is 657. The number of rotatable bonds is 1. The molecule has 7 heteroatoms. The van der Waals surface area contributed by atoms with Gasteiger partial charge in [0.2, 0.25) is 0 Å².